The normalized spacial score (nSPS) is 11.2. The molecule has 0 aliphatic heterocycles. The predicted molar refractivity (Wildman–Crippen MR) is 94.3 cm³/mol. The van der Waals surface area contributed by atoms with Crippen LogP contribution in [0.1, 0.15) is 22.8 Å². The maximum atomic E-state index is 12.2. The lowest BCUT2D eigenvalue weighted by molar-refractivity contribution is -0.137. The summed E-state index contributed by atoms with van der Waals surface area (Å²) in [6, 6.07) is 16.6. The van der Waals surface area contributed by atoms with E-state index in [2.05, 4.69) is 5.32 Å². The van der Waals surface area contributed by atoms with E-state index in [0.29, 0.717) is 11.1 Å². The van der Waals surface area contributed by atoms with Gasteiger partial charge in [0.2, 0.25) is 0 Å². The Morgan fingerprint density at radius 1 is 1.00 bits per heavy atom. The van der Waals surface area contributed by atoms with Gasteiger partial charge in [0.1, 0.15) is 17.2 Å². The third kappa shape index (κ3) is 4.54. The van der Waals surface area contributed by atoms with Gasteiger partial charge in [-0.15, -0.1) is 0 Å². The van der Waals surface area contributed by atoms with Crippen molar-refractivity contribution in [3.05, 3.63) is 77.4 Å². The number of amides is 1. The summed E-state index contributed by atoms with van der Waals surface area (Å²) in [5, 5.41) is 20.8. The monoisotopic (exact) mass is 338 g/mol. The zero-order valence-corrected chi connectivity index (χ0v) is 13.7. The first-order chi connectivity index (χ1) is 12.0. The Kier molecular flexibility index (Phi) is 6.06. The topological polar surface area (TPSA) is 99.5 Å². The van der Waals surface area contributed by atoms with Crippen LogP contribution in [0, 0.1) is 5.41 Å². The lowest BCUT2D eigenvalue weighted by Crippen LogP contribution is -2.34. The molecule has 0 fully saturated rings. The molecule has 0 radical (unpaired) electrons. The van der Waals surface area contributed by atoms with Gasteiger partial charge in [-0.3, -0.25) is 10.2 Å². The fourth-order valence-corrected chi connectivity index (χ4v) is 2.10. The SMILES string of the molecule is CCOC(=O)/C(C(=N)NC(=O)c1ccccc1)=C(/O)c1ccccc1. The minimum Gasteiger partial charge on any atom is -0.506 e. The number of ether oxygens (including phenoxy) is 1. The first kappa shape index (κ1) is 17.9. The number of benzene rings is 2. The second kappa shape index (κ2) is 8.44. The molecule has 1 amide bonds. The van der Waals surface area contributed by atoms with Crippen LogP contribution >= 0.6 is 0 Å². The van der Waals surface area contributed by atoms with Crippen LogP contribution in [-0.4, -0.2) is 29.4 Å². The number of rotatable bonds is 5. The Labute approximate surface area is 145 Å². The van der Waals surface area contributed by atoms with E-state index in [9.17, 15) is 14.7 Å². The smallest absolute Gasteiger partial charge is 0.345 e. The second-order valence-corrected chi connectivity index (χ2v) is 5.01. The number of nitrogens with one attached hydrogen (secondary N) is 2. The summed E-state index contributed by atoms with van der Waals surface area (Å²) in [7, 11) is 0. The number of carbonyl (C=O) groups excluding carboxylic acids is 2. The molecule has 3 N–H and O–H groups in total. The van der Waals surface area contributed by atoms with Gasteiger partial charge in [0.05, 0.1) is 6.61 Å². The molecule has 6 nitrogen and oxygen atoms in total. The number of esters is 1. The van der Waals surface area contributed by atoms with E-state index < -0.39 is 29.0 Å². The Bertz CT molecular complexity index is 799. The lowest BCUT2D eigenvalue weighted by Gasteiger charge is -2.12. The maximum absolute atomic E-state index is 12.2. The molecule has 0 saturated carbocycles. The highest BCUT2D eigenvalue weighted by molar-refractivity contribution is 6.26. The molecule has 128 valence electrons. The molecule has 0 saturated heterocycles. The van der Waals surface area contributed by atoms with Gasteiger partial charge < -0.3 is 15.2 Å². The molecule has 0 spiro atoms. The molecule has 0 unspecified atom stereocenters. The molecular formula is C19H18N2O4. The molecule has 2 rings (SSSR count). The van der Waals surface area contributed by atoms with Crippen LogP contribution in [0.25, 0.3) is 5.76 Å². The lowest BCUT2D eigenvalue weighted by atomic mass is 10.1. The van der Waals surface area contributed by atoms with Gasteiger partial charge in [-0.05, 0) is 19.1 Å². The third-order valence-electron chi connectivity index (χ3n) is 3.29. The third-order valence-corrected chi connectivity index (χ3v) is 3.29. The van der Waals surface area contributed by atoms with E-state index in [4.69, 9.17) is 10.1 Å². The van der Waals surface area contributed by atoms with Crippen molar-refractivity contribution in [3.8, 4) is 0 Å². The molecule has 0 aliphatic carbocycles. The maximum Gasteiger partial charge on any atom is 0.345 e. The molecule has 2 aromatic rings. The number of hydrogen-bond acceptors (Lipinski definition) is 5. The zero-order valence-electron chi connectivity index (χ0n) is 13.7. The van der Waals surface area contributed by atoms with Gasteiger partial charge in [-0.25, -0.2) is 4.79 Å². The summed E-state index contributed by atoms with van der Waals surface area (Å²) in [4.78, 5) is 24.4. The molecular weight excluding hydrogens is 320 g/mol. The van der Waals surface area contributed by atoms with E-state index in [1.54, 1.807) is 67.6 Å². The fraction of sp³-hybridized carbons (Fsp3) is 0.105. The van der Waals surface area contributed by atoms with E-state index in [-0.39, 0.29) is 6.61 Å². The molecule has 25 heavy (non-hydrogen) atoms. The molecule has 0 bridgehead atoms. The van der Waals surface area contributed by atoms with Crippen molar-refractivity contribution in [2.24, 2.45) is 0 Å². The Morgan fingerprint density at radius 3 is 2.04 bits per heavy atom. The van der Waals surface area contributed by atoms with E-state index in [1.165, 1.54) is 0 Å². The van der Waals surface area contributed by atoms with Crippen LogP contribution in [0.2, 0.25) is 0 Å². The van der Waals surface area contributed by atoms with Gasteiger partial charge >= 0.3 is 5.97 Å². The van der Waals surface area contributed by atoms with E-state index in [1.807, 2.05) is 0 Å². The van der Waals surface area contributed by atoms with Gasteiger partial charge in [-0.2, -0.15) is 0 Å². The van der Waals surface area contributed by atoms with Gasteiger partial charge in [0, 0.05) is 11.1 Å². The molecule has 6 heteroatoms. The fourth-order valence-electron chi connectivity index (χ4n) is 2.10. The number of hydrogen-bond donors (Lipinski definition) is 3. The highest BCUT2D eigenvalue weighted by atomic mass is 16.5. The van der Waals surface area contributed by atoms with Crippen LogP contribution in [0.4, 0.5) is 0 Å². The number of carbonyl (C=O) groups is 2. The average molecular weight is 338 g/mol. The van der Waals surface area contributed by atoms with Crippen LogP contribution in [-0.2, 0) is 9.53 Å². The first-order valence-electron chi connectivity index (χ1n) is 7.65. The van der Waals surface area contributed by atoms with Crippen LogP contribution in [0.5, 0.6) is 0 Å². The van der Waals surface area contributed by atoms with Crippen molar-refractivity contribution in [1.82, 2.24) is 5.32 Å². The van der Waals surface area contributed by atoms with Gasteiger partial charge in [0.25, 0.3) is 5.91 Å². The molecule has 0 aliphatic rings. The summed E-state index contributed by atoms with van der Waals surface area (Å²) in [6.07, 6.45) is 0. The summed E-state index contributed by atoms with van der Waals surface area (Å²) < 4.78 is 4.91. The van der Waals surface area contributed by atoms with Crippen molar-refractivity contribution in [1.29, 1.82) is 5.41 Å². The Balaban J connectivity index is 2.34. The summed E-state index contributed by atoms with van der Waals surface area (Å²) in [5.74, 6) is -2.42. The highest BCUT2D eigenvalue weighted by Gasteiger charge is 2.24. The molecule has 0 aromatic heterocycles. The summed E-state index contributed by atoms with van der Waals surface area (Å²) in [6.45, 7) is 1.69. The Morgan fingerprint density at radius 2 is 1.52 bits per heavy atom. The number of aliphatic hydroxyl groups excluding tert-OH is 1. The number of amidine groups is 1. The minimum atomic E-state index is -0.887. The first-order valence-corrected chi connectivity index (χ1v) is 7.65. The molecule has 0 heterocycles. The second-order valence-electron chi connectivity index (χ2n) is 5.01. The number of aliphatic hydroxyl groups is 1. The van der Waals surface area contributed by atoms with Crippen molar-refractivity contribution < 1.29 is 19.4 Å². The standard InChI is InChI=1S/C19H18N2O4/c1-2-25-19(24)15(16(22)13-9-5-3-6-10-13)17(20)21-18(23)14-11-7-4-8-12-14/h3-12,22H,2H2,1H3,(H2,20,21,23)/b16-15+. The molecule has 0 atom stereocenters. The van der Waals surface area contributed by atoms with Gasteiger partial charge in [-0.1, -0.05) is 48.5 Å². The summed E-state index contributed by atoms with van der Waals surface area (Å²) >= 11 is 0. The zero-order chi connectivity index (χ0) is 18.2. The van der Waals surface area contributed by atoms with Crippen molar-refractivity contribution in [2.75, 3.05) is 6.61 Å². The largest absolute Gasteiger partial charge is 0.506 e. The van der Waals surface area contributed by atoms with E-state index >= 15 is 0 Å². The summed E-state index contributed by atoms with van der Waals surface area (Å²) in [5.41, 5.74) is 0.260. The van der Waals surface area contributed by atoms with Crippen LogP contribution in [0.3, 0.4) is 0 Å². The minimum absolute atomic E-state index is 0.0737. The highest BCUT2D eigenvalue weighted by Crippen LogP contribution is 2.17. The Hall–Kier alpha value is -3.41. The van der Waals surface area contributed by atoms with Crippen molar-refractivity contribution in [3.63, 3.8) is 0 Å². The van der Waals surface area contributed by atoms with Crippen molar-refractivity contribution in [2.45, 2.75) is 6.92 Å². The predicted octanol–water partition coefficient (Wildman–Crippen LogP) is 2.93. The van der Waals surface area contributed by atoms with Crippen LogP contribution < -0.4 is 5.32 Å². The average Bonchev–Trinajstić information content (AvgIpc) is 2.63. The quantitative estimate of drug-likeness (QED) is 0.257. The van der Waals surface area contributed by atoms with Gasteiger partial charge in [0.15, 0.2) is 0 Å². The van der Waals surface area contributed by atoms with Crippen LogP contribution in [0.15, 0.2) is 66.2 Å². The van der Waals surface area contributed by atoms with Crippen molar-refractivity contribution >= 4 is 23.5 Å². The van der Waals surface area contributed by atoms with E-state index in [0.717, 1.165) is 0 Å². The molecule has 2 aromatic carbocycles.